The van der Waals surface area contributed by atoms with Crippen LogP contribution in [0.5, 0.6) is 0 Å². The lowest BCUT2D eigenvalue weighted by Gasteiger charge is -2.15. The summed E-state index contributed by atoms with van der Waals surface area (Å²) in [6.07, 6.45) is -0.994. The fourth-order valence-corrected chi connectivity index (χ4v) is 2.27. The van der Waals surface area contributed by atoms with E-state index in [-0.39, 0.29) is 11.5 Å². The molecular weight excluding hydrogens is 335 g/mol. The van der Waals surface area contributed by atoms with E-state index < -0.39 is 30.4 Å². The highest BCUT2D eigenvalue weighted by molar-refractivity contribution is 6.36. The Labute approximate surface area is 144 Å². The van der Waals surface area contributed by atoms with E-state index in [1.807, 2.05) is 6.08 Å². The molecule has 1 aromatic carbocycles. The number of rotatable bonds is 9. The third kappa shape index (κ3) is 7.98. The Balaban J connectivity index is 2.38. The summed E-state index contributed by atoms with van der Waals surface area (Å²) >= 11 is 0. The van der Waals surface area contributed by atoms with Gasteiger partial charge in [-0.05, 0) is 36.3 Å². The Kier molecular flexibility index (Phi) is 7.83. The molecule has 25 heavy (non-hydrogen) atoms. The second-order valence-electron chi connectivity index (χ2n) is 6.00. The van der Waals surface area contributed by atoms with Crippen LogP contribution < -0.4 is 0 Å². The number of benzene rings is 1. The van der Waals surface area contributed by atoms with Crippen LogP contribution in [0, 0.1) is 11.3 Å². The summed E-state index contributed by atoms with van der Waals surface area (Å²) in [7, 11) is 0. The number of nitrogens with one attached hydrogen (secondary N) is 1. The first-order valence-electron chi connectivity index (χ1n) is 7.89. The number of alkyl halides is 3. The van der Waals surface area contributed by atoms with Crippen molar-refractivity contribution in [2.24, 2.45) is 5.92 Å². The molecule has 0 saturated heterocycles. The Morgan fingerprint density at radius 3 is 2.28 bits per heavy atom. The molecule has 0 amide bonds. The molecule has 4 nitrogen and oxygen atoms in total. The van der Waals surface area contributed by atoms with E-state index in [1.54, 1.807) is 25.1 Å². The molecule has 0 aliphatic rings. The molecule has 0 aliphatic carbocycles. The van der Waals surface area contributed by atoms with Crippen molar-refractivity contribution in [3.8, 4) is 0 Å². The van der Waals surface area contributed by atoms with Crippen LogP contribution in [0.25, 0.3) is 0 Å². The monoisotopic (exact) mass is 357 g/mol. The summed E-state index contributed by atoms with van der Waals surface area (Å²) in [4.78, 5) is 10.6. The molecule has 1 rings (SSSR count). The van der Waals surface area contributed by atoms with Crippen molar-refractivity contribution >= 4 is 11.7 Å². The van der Waals surface area contributed by atoms with Gasteiger partial charge in [0.15, 0.2) is 0 Å². The SMILES string of the molecule is CC(C/C=C/CCc1ccc(CC(F)(F)F)cc1)C(O)C(=N)C(=O)O. The van der Waals surface area contributed by atoms with Gasteiger partial charge in [0.1, 0.15) is 11.8 Å². The summed E-state index contributed by atoms with van der Waals surface area (Å²) in [5, 5.41) is 25.6. The molecule has 0 heterocycles. The summed E-state index contributed by atoms with van der Waals surface area (Å²) in [6.45, 7) is 1.66. The molecule has 2 unspecified atom stereocenters. The highest BCUT2D eigenvalue weighted by Gasteiger charge is 2.27. The number of hydrogen-bond donors (Lipinski definition) is 3. The average Bonchev–Trinajstić information content (AvgIpc) is 2.52. The lowest BCUT2D eigenvalue weighted by Crippen LogP contribution is -2.32. The standard InChI is InChI=1S/C18H22F3NO3/c1-12(16(23)15(22)17(24)25)5-3-2-4-6-13-7-9-14(10-8-13)11-18(19,20)21/h2-3,7-10,12,16,22-23H,4-6,11H2,1H3,(H,24,25)/b3-2+,22-15?. The normalized spacial score (nSPS) is 14.4. The number of aliphatic hydroxyl groups excluding tert-OH is 1. The van der Waals surface area contributed by atoms with Crippen molar-refractivity contribution in [2.75, 3.05) is 0 Å². The van der Waals surface area contributed by atoms with E-state index in [9.17, 15) is 23.1 Å². The van der Waals surface area contributed by atoms with Gasteiger partial charge in [0.25, 0.3) is 0 Å². The molecule has 0 bridgehead atoms. The van der Waals surface area contributed by atoms with Crippen LogP contribution in [0.4, 0.5) is 13.2 Å². The van der Waals surface area contributed by atoms with Crippen LogP contribution in [-0.2, 0) is 17.6 Å². The molecule has 0 saturated carbocycles. The van der Waals surface area contributed by atoms with Crippen LogP contribution in [0.3, 0.4) is 0 Å². The smallest absolute Gasteiger partial charge is 0.393 e. The maximum Gasteiger partial charge on any atom is 0.393 e. The number of carbonyl (C=O) groups is 1. The van der Waals surface area contributed by atoms with Gasteiger partial charge in [0.05, 0.1) is 6.42 Å². The molecule has 2 atom stereocenters. The van der Waals surface area contributed by atoms with E-state index in [0.29, 0.717) is 19.3 Å². The van der Waals surface area contributed by atoms with Gasteiger partial charge in [0, 0.05) is 0 Å². The summed E-state index contributed by atoms with van der Waals surface area (Å²) in [6, 6.07) is 6.30. The van der Waals surface area contributed by atoms with E-state index in [0.717, 1.165) is 5.56 Å². The third-order valence-electron chi connectivity index (χ3n) is 3.77. The maximum atomic E-state index is 12.3. The molecule has 0 aliphatic heterocycles. The van der Waals surface area contributed by atoms with E-state index in [2.05, 4.69) is 0 Å². The second kappa shape index (κ2) is 9.36. The number of carboxylic acids is 1. The van der Waals surface area contributed by atoms with Crippen molar-refractivity contribution in [1.29, 1.82) is 5.41 Å². The second-order valence-corrected chi connectivity index (χ2v) is 6.00. The summed E-state index contributed by atoms with van der Waals surface area (Å²) in [5.74, 6) is -1.82. The third-order valence-corrected chi connectivity index (χ3v) is 3.77. The molecule has 7 heteroatoms. The molecule has 0 radical (unpaired) electrons. The van der Waals surface area contributed by atoms with Gasteiger partial charge < -0.3 is 10.2 Å². The fraction of sp³-hybridized carbons (Fsp3) is 0.444. The minimum absolute atomic E-state index is 0.232. The van der Waals surface area contributed by atoms with Gasteiger partial charge in [-0.3, -0.25) is 5.41 Å². The summed E-state index contributed by atoms with van der Waals surface area (Å²) < 4.78 is 36.8. The van der Waals surface area contributed by atoms with Crippen molar-refractivity contribution in [3.05, 3.63) is 47.5 Å². The number of hydrogen-bond acceptors (Lipinski definition) is 3. The van der Waals surface area contributed by atoms with Crippen LogP contribution >= 0.6 is 0 Å². The number of allylic oxidation sites excluding steroid dienone is 2. The number of aliphatic carboxylic acids is 1. The lowest BCUT2D eigenvalue weighted by atomic mass is 9.96. The zero-order valence-corrected chi connectivity index (χ0v) is 13.9. The highest BCUT2D eigenvalue weighted by Crippen LogP contribution is 2.21. The Morgan fingerprint density at radius 2 is 1.76 bits per heavy atom. The van der Waals surface area contributed by atoms with E-state index in [4.69, 9.17) is 10.5 Å². The van der Waals surface area contributed by atoms with Gasteiger partial charge in [0.2, 0.25) is 0 Å². The molecule has 1 aromatic rings. The van der Waals surface area contributed by atoms with Gasteiger partial charge in [-0.25, -0.2) is 4.79 Å². The average molecular weight is 357 g/mol. The topological polar surface area (TPSA) is 81.4 Å². The first-order chi connectivity index (χ1) is 11.6. The van der Waals surface area contributed by atoms with Crippen molar-refractivity contribution in [2.45, 2.75) is 44.9 Å². The highest BCUT2D eigenvalue weighted by atomic mass is 19.4. The fourth-order valence-electron chi connectivity index (χ4n) is 2.27. The molecule has 0 aromatic heterocycles. The van der Waals surface area contributed by atoms with Crippen LogP contribution in [-0.4, -0.2) is 34.2 Å². The number of aryl methyl sites for hydroxylation is 1. The minimum Gasteiger partial charge on any atom is -0.477 e. The first-order valence-corrected chi connectivity index (χ1v) is 7.89. The molecule has 0 spiro atoms. The Bertz CT molecular complexity index is 609. The van der Waals surface area contributed by atoms with Gasteiger partial charge >= 0.3 is 12.1 Å². The zero-order valence-electron chi connectivity index (χ0n) is 13.9. The number of carboxylic acid groups (broad SMARTS) is 1. The van der Waals surface area contributed by atoms with Gasteiger partial charge in [-0.2, -0.15) is 13.2 Å². The largest absolute Gasteiger partial charge is 0.477 e. The Hall–Kier alpha value is -2.15. The van der Waals surface area contributed by atoms with Crippen molar-refractivity contribution in [3.63, 3.8) is 0 Å². The Morgan fingerprint density at radius 1 is 1.20 bits per heavy atom. The van der Waals surface area contributed by atoms with E-state index in [1.165, 1.54) is 12.1 Å². The van der Waals surface area contributed by atoms with Gasteiger partial charge in [-0.1, -0.05) is 43.3 Å². The first kappa shape index (κ1) is 20.9. The van der Waals surface area contributed by atoms with Crippen molar-refractivity contribution in [1.82, 2.24) is 0 Å². The van der Waals surface area contributed by atoms with Gasteiger partial charge in [-0.15, -0.1) is 0 Å². The molecule has 138 valence electrons. The summed E-state index contributed by atoms with van der Waals surface area (Å²) in [5.41, 5.74) is 0.437. The van der Waals surface area contributed by atoms with E-state index >= 15 is 0 Å². The molecule has 3 N–H and O–H groups in total. The predicted octanol–water partition coefficient (Wildman–Crippen LogP) is 3.77. The molecular formula is C18H22F3NO3. The van der Waals surface area contributed by atoms with Crippen LogP contribution in [0.1, 0.15) is 30.9 Å². The molecule has 0 fully saturated rings. The number of aliphatic hydroxyl groups is 1. The van der Waals surface area contributed by atoms with Crippen LogP contribution in [0.2, 0.25) is 0 Å². The minimum atomic E-state index is -4.21. The maximum absolute atomic E-state index is 12.3. The lowest BCUT2D eigenvalue weighted by molar-refractivity contribution is -0.130. The zero-order chi connectivity index (χ0) is 19.0. The van der Waals surface area contributed by atoms with Crippen LogP contribution in [0.15, 0.2) is 36.4 Å². The quantitative estimate of drug-likeness (QED) is 0.465. The predicted molar refractivity (Wildman–Crippen MR) is 88.8 cm³/mol. The number of halogens is 3. The van der Waals surface area contributed by atoms with Crippen molar-refractivity contribution < 1.29 is 28.2 Å².